The van der Waals surface area contributed by atoms with Gasteiger partial charge in [-0.05, 0) is 23.8 Å². The molecular weight excluding hydrogens is 385 g/mol. The number of carbonyl (C=O) groups is 1. The van der Waals surface area contributed by atoms with Crippen molar-refractivity contribution >= 4 is 16.9 Å². The summed E-state index contributed by atoms with van der Waals surface area (Å²) in [4.78, 5) is 18.6. The van der Waals surface area contributed by atoms with Gasteiger partial charge in [0, 0.05) is 18.2 Å². The zero-order valence-corrected chi connectivity index (χ0v) is 15.3. The highest BCUT2D eigenvalue weighted by Gasteiger charge is 2.50. The summed E-state index contributed by atoms with van der Waals surface area (Å²) in [5.41, 5.74) is 1.35. The van der Waals surface area contributed by atoms with Crippen molar-refractivity contribution in [2.75, 3.05) is 19.7 Å². The number of likely N-dealkylation sites (tertiary alicyclic amines) is 1. The van der Waals surface area contributed by atoms with Gasteiger partial charge in [0.1, 0.15) is 23.5 Å². The lowest BCUT2D eigenvalue weighted by Gasteiger charge is -2.55. The van der Waals surface area contributed by atoms with Gasteiger partial charge in [0.05, 0.1) is 37.0 Å². The number of rotatable bonds is 4. The van der Waals surface area contributed by atoms with Crippen LogP contribution in [0.2, 0.25) is 0 Å². The average Bonchev–Trinajstić information content (AvgIpc) is 3.01. The Morgan fingerprint density at radius 2 is 2.00 bits per heavy atom. The fraction of sp³-hybridized carbons (Fsp3) is 0.350. The molecule has 0 aliphatic carbocycles. The highest BCUT2D eigenvalue weighted by molar-refractivity contribution is 5.83. The number of pyridine rings is 1. The van der Waals surface area contributed by atoms with Crippen molar-refractivity contribution in [1.82, 2.24) is 19.7 Å². The predicted molar refractivity (Wildman–Crippen MR) is 97.8 cm³/mol. The lowest BCUT2D eigenvalue weighted by Crippen LogP contribution is -2.69. The van der Waals surface area contributed by atoms with Crippen LogP contribution in [0.4, 0.5) is 13.2 Å². The third kappa shape index (κ3) is 3.05. The summed E-state index contributed by atoms with van der Waals surface area (Å²) in [7, 11) is 0. The third-order valence-electron chi connectivity index (χ3n) is 5.62. The minimum Gasteiger partial charge on any atom is -0.371 e. The molecule has 2 fully saturated rings. The van der Waals surface area contributed by atoms with Gasteiger partial charge < -0.3 is 9.64 Å². The minimum atomic E-state index is -2.91. The minimum absolute atomic E-state index is 0.0520. The van der Waals surface area contributed by atoms with Crippen LogP contribution in [-0.4, -0.2) is 50.9 Å². The normalized spacial score (nSPS) is 17.6. The van der Waals surface area contributed by atoms with Crippen LogP contribution in [0.1, 0.15) is 18.4 Å². The van der Waals surface area contributed by atoms with Gasteiger partial charge in [0.25, 0.3) is 6.43 Å². The fourth-order valence-corrected chi connectivity index (χ4v) is 3.82. The molecule has 1 amide bonds. The lowest BCUT2D eigenvalue weighted by atomic mass is 9.86. The van der Waals surface area contributed by atoms with Crippen molar-refractivity contribution in [3.63, 3.8) is 0 Å². The quantitative estimate of drug-likeness (QED) is 0.673. The maximum Gasteiger partial charge on any atom is 0.266 e. The van der Waals surface area contributed by atoms with Gasteiger partial charge >= 0.3 is 0 Å². The molecule has 0 unspecified atom stereocenters. The standard InChI is InChI=1S/C20H17F3N4O2/c21-15-2-1-12(5-14(15)19(22)23)13-6-17-16(24-7-13)8-25-27(17)9-18(28)26-10-20(11-26)3-4-29-20/h1-2,5-8,19H,3-4,9-11H2. The second-order valence-corrected chi connectivity index (χ2v) is 7.50. The van der Waals surface area contributed by atoms with E-state index in [1.54, 1.807) is 21.8 Å². The van der Waals surface area contributed by atoms with Crippen LogP contribution >= 0.6 is 0 Å². The molecule has 29 heavy (non-hydrogen) atoms. The number of benzene rings is 1. The summed E-state index contributed by atoms with van der Waals surface area (Å²) < 4.78 is 46.7. The number of nitrogens with zero attached hydrogens (tertiary/aromatic N) is 4. The molecule has 3 aromatic rings. The number of fused-ring (bicyclic) bond motifs is 1. The van der Waals surface area contributed by atoms with Crippen molar-refractivity contribution in [2.45, 2.75) is 25.0 Å². The van der Waals surface area contributed by atoms with E-state index in [0.29, 0.717) is 35.2 Å². The Kier molecular flexibility index (Phi) is 4.09. The summed E-state index contributed by atoms with van der Waals surface area (Å²) >= 11 is 0. The maximum absolute atomic E-state index is 13.6. The van der Waals surface area contributed by atoms with Crippen molar-refractivity contribution in [3.8, 4) is 11.1 Å². The van der Waals surface area contributed by atoms with Gasteiger partial charge in [-0.15, -0.1) is 0 Å². The molecule has 0 saturated carbocycles. The van der Waals surface area contributed by atoms with Gasteiger partial charge in [0.15, 0.2) is 0 Å². The summed E-state index contributed by atoms with van der Waals surface area (Å²) in [5, 5.41) is 4.24. The lowest BCUT2D eigenvalue weighted by molar-refractivity contribution is -0.221. The van der Waals surface area contributed by atoms with Gasteiger partial charge in [0.2, 0.25) is 5.91 Å². The number of amides is 1. The van der Waals surface area contributed by atoms with Gasteiger partial charge in [-0.2, -0.15) is 5.10 Å². The first kappa shape index (κ1) is 18.1. The molecule has 4 heterocycles. The Hall–Kier alpha value is -2.94. The number of carbonyl (C=O) groups excluding carboxylic acids is 1. The van der Waals surface area contributed by atoms with E-state index in [9.17, 15) is 18.0 Å². The topological polar surface area (TPSA) is 60.2 Å². The molecule has 0 atom stereocenters. The van der Waals surface area contributed by atoms with E-state index in [-0.39, 0.29) is 18.1 Å². The van der Waals surface area contributed by atoms with E-state index in [4.69, 9.17) is 4.74 Å². The van der Waals surface area contributed by atoms with Crippen molar-refractivity contribution in [2.24, 2.45) is 0 Å². The second-order valence-electron chi connectivity index (χ2n) is 7.50. The zero-order chi connectivity index (χ0) is 20.2. The number of alkyl halides is 2. The molecule has 2 aromatic heterocycles. The van der Waals surface area contributed by atoms with Crippen molar-refractivity contribution < 1.29 is 22.7 Å². The Balaban J connectivity index is 1.40. The van der Waals surface area contributed by atoms with Crippen LogP contribution in [0.15, 0.2) is 36.7 Å². The number of halogens is 3. The maximum atomic E-state index is 13.6. The van der Waals surface area contributed by atoms with Crippen LogP contribution in [0.3, 0.4) is 0 Å². The van der Waals surface area contributed by atoms with Crippen molar-refractivity contribution in [3.05, 3.63) is 48.0 Å². The molecule has 0 N–H and O–H groups in total. The largest absolute Gasteiger partial charge is 0.371 e. The van der Waals surface area contributed by atoms with Gasteiger partial charge in [-0.3, -0.25) is 14.5 Å². The molecule has 5 rings (SSSR count). The van der Waals surface area contributed by atoms with E-state index < -0.39 is 17.8 Å². The Labute approximate surface area is 163 Å². The van der Waals surface area contributed by atoms with Crippen LogP contribution in [0.25, 0.3) is 22.2 Å². The number of ether oxygens (including phenoxy) is 1. The van der Waals surface area contributed by atoms with E-state index >= 15 is 0 Å². The Morgan fingerprint density at radius 3 is 2.69 bits per heavy atom. The molecule has 0 bridgehead atoms. The zero-order valence-electron chi connectivity index (χ0n) is 15.3. The summed E-state index contributed by atoms with van der Waals surface area (Å²) in [6, 6.07) is 5.28. The van der Waals surface area contributed by atoms with Crippen LogP contribution in [-0.2, 0) is 16.1 Å². The van der Waals surface area contributed by atoms with E-state index in [2.05, 4.69) is 10.1 Å². The SMILES string of the molecule is O=C(Cn1ncc2ncc(-c3ccc(F)c(C(F)F)c3)cc21)N1CC2(CCO2)C1. The fourth-order valence-electron chi connectivity index (χ4n) is 3.82. The molecule has 0 radical (unpaired) electrons. The van der Waals surface area contributed by atoms with E-state index in [1.165, 1.54) is 12.3 Å². The first-order valence-electron chi connectivity index (χ1n) is 9.25. The van der Waals surface area contributed by atoms with Crippen LogP contribution in [0.5, 0.6) is 0 Å². The molecule has 2 aliphatic heterocycles. The van der Waals surface area contributed by atoms with E-state index in [1.807, 2.05) is 0 Å². The van der Waals surface area contributed by atoms with Gasteiger partial charge in [-0.1, -0.05) is 6.07 Å². The van der Waals surface area contributed by atoms with Crippen molar-refractivity contribution in [1.29, 1.82) is 0 Å². The average molecular weight is 402 g/mol. The first-order chi connectivity index (χ1) is 13.9. The van der Waals surface area contributed by atoms with E-state index in [0.717, 1.165) is 25.2 Å². The smallest absolute Gasteiger partial charge is 0.266 e. The molecule has 1 aromatic carbocycles. The highest BCUT2D eigenvalue weighted by Crippen LogP contribution is 2.36. The number of aromatic nitrogens is 3. The number of hydrogen-bond acceptors (Lipinski definition) is 4. The summed E-state index contributed by atoms with van der Waals surface area (Å²) in [5.74, 6) is -1.01. The Morgan fingerprint density at radius 1 is 1.21 bits per heavy atom. The summed E-state index contributed by atoms with van der Waals surface area (Å²) in [6.45, 7) is 1.99. The monoisotopic (exact) mass is 402 g/mol. The third-order valence-corrected chi connectivity index (χ3v) is 5.62. The molecular formula is C20H17F3N4O2. The van der Waals surface area contributed by atoms with Crippen LogP contribution in [0, 0.1) is 5.82 Å². The molecule has 1 spiro atoms. The molecule has 2 saturated heterocycles. The molecule has 9 heteroatoms. The van der Waals surface area contributed by atoms with Crippen LogP contribution < -0.4 is 0 Å². The Bertz CT molecular complexity index is 1100. The second kappa shape index (κ2) is 6.55. The van der Waals surface area contributed by atoms with Gasteiger partial charge in [-0.25, -0.2) is 13.2 Å². The molecule has 150 valence electrons. The first-order valence-corrected chi connectivity index (χ1v) is 9.25. The molecule has 6 nitrogen and oxygen atoms in total. The molecule has 2 aliphatic rings. The predicted octanol–water partition coefficient (Wildman–Crippen LogP) is 3.18. The number of hydrogen-bond donors (Lipinski definition) is 0. The highest BCUT2D eigenvalue weighted by atomic mass is 19.3. The summed E-state index contributed by atoms with van der Waals surface area (Å²) in [6.07, 6.45) is 1.14.